The van der Waals surface area contributed by atoms with Crippen LogP contribution in [0.3, 0.4) is 0 Å². The first-order valence-electron chi connectivity index (χ1n) is 16.8. The van der Waals surface area contributed by atoms with E-state index in [-0.39, 0.29) is 23.5 Å². The van der Waals surface area contributed by atoms with Gasteiger partial charge in [-0.05, 0) is 92.4 Å². The van der Waals surface area contributed by atoms with Crippen LogP contribution in [0.15, 0.2) is 67.3 Å². The van der Waals surface area contributed by atoms with Crippen LogP contribution in [0.25, 0.3) is 0 Å². The Balaban J connectivity index is 1.09. The van der Waals surface area contributed by atoms with Crippen LogP contribution in [0.5, 0.6) is 0 Å². The van der Waals surface area contributed by atoms with Crippen LogP contribution in [-0.4, -0.2) is 56.8 Å². The predicted octanol–water partition coefficient (Wildman–Crippen LogP) is 6.85. The summed E-state index contributed by atoms with van der Waals surface area (Å²) in [6.07, 6.45) is 17.1. The van der Waals surface area contributed by atoms with E-state index in [1.54, 1.807) is 6.33 Å². The molecule has 3 fully saturated rings. The quantitative estimate of drug-likeness (QED) is 0.255. The number of aromatic nitrogens is 3. The molecule has 1 aromatic heterocycles. The highest BCUT2D eigenvalue weighted by Gasteiger charge is 2.44. The largest absolute Gasteiger partial charge is 0.374 e. The first-order chi connectivity index (χ1) is 21.6. The molecule has 2 saturated carbocycles. The Bertz CT molecular complexity index is 1280. The van der Waals surface area contributed by atoms with E-state index in [1.807, 2.05) is 29.2 Å². The van der Waals surface area contributed by atoms with E-state index in [9.17, 15) is 4.79 Å². The van der Waals surface area contributed by atoms with E-state index < -0.39 is 0 Å². The Hall–Kier alpha value is -2.74. The van der Waals surface area contributed by atoms with E-state index >= 15 is 0 Å². The summed E-state index contributed by atoms with van der Waals surface area (Å²) in [5.74, 6) is 0.931. The van der Waals surface area contributed by atoms with Crippen molar-refractivity contribution in [3.8, 4) is 0 Å². The third kappa shape index (κ3) is 8.09. The Morgan fingerprint density at radius 2 is 1.66 bits per heavy atom. The monoisotopic (exact) mass is 617 g/mol. The van der Waals surface area contributed by atoms with Crippen molar-refractivity contribution in [1.82, 2.24) is 25.0 Å². The number of hydrogen-bond acceptors (Lipinski definition) is 5. The lowest BCUT2D eigenvalue weighted by atomic mass is 9.63. The van der Waals surface area contributed by atoms with Gasteiger partial charge in [0.1, 0.15) is 12.7 Å². The SMILES string of the molecule is O=C([C@@H](Cc1ccc(Cl)cc1)NC1CCC(OCc2ccccc2)CC1)N1CCC(Cn2cncn2)(C2CCCCC2)CC1. The van der Waals surface area contributed by atoms with Crippen LogP contribution in [0.1, 0.15) is 81.8 Å². The highest BCUT2D eigenvalue weighted by atomic mass is 35.5. The fourth-order valence-corrected chi connectivity index (χ4v) is 8.11. The number of halogens is 1. The highest BCUT2D eigenvalue weighted by Crippen LogP contribution is 2.47. The van der Waals surface area contributed by atoms with E-state index in [2.05, 4.69) is 56.7 Å². The lowest BCUT2D eigenvalue weighted by Gasteiger charge is -2.48. The minimum absolute atomic E-state index is 0.183. The molecule has 8 heteroatoms. The van der Waals surface area contributed by atoms with Crippen LogP contribution in [0.2, 0.25) is 5.02 Å². The van der Waals surface area contributed by atoms with E-state index in [0.29, 0.717) is 25.0 Å². The van der Waals surface area contributed by atoms with Crippen LogP contribution in [-0.2, 0) is 29.1 Å². The maximum Gasteiger partial charge on any atom is 0.240 e. The molecule has 0 spiro atoms. The number of carbonyl (C=O) groups excluding carboxylic acids is 1. The Morgan fingerprint density at radius 1 is 0.932 bits per heavy atom. The summed E-state index contributed by atoms with van der Waals surface area (Å²) in [6.45, 7) is 3.18. The molecule has 3 aromatic rings. The zero-order chi connectivity index (χ0) is 30.2. The zero-order valence-corrected chi connectivity index (χ0v) is 26.7. The summed E-state index contributed by atoms with van der Waals surface area (Å²) in [7, 11) is 0. The maximum atomic E-state index is 14.3. The molecule has 0 bridgehead atoms. The first kappa shape index (κ1) is 31.3. The summed E-state index contributed by atoms with van der Waals surface area (Å²) in [5, 5.41) is 9.03. The molecule has 44 heavy (non-hydrogen) atoms. The number of benzene rings is 2. The van der Waals surface area contributed by atoms with Crippen molar-refractivity contribution >= 4 is 17.5 Å². The lowest BCUT2D eigenvalue weighted by Crippen LogP contribution is -2.55. The minimum atomic E-state index is -0.250. The second-order valence-corrected chi connectivity index (χ2v) is 13.9. The van der Waals surface area contributed by atoms with Gasteiger partial charge in [-0.1, -0.05) is 73.3 Å². The molecule has 6 rings (SSSR count). The van der Waals surface area contributed by atoms with Crippen LogP contribution < -0.4 is 5.32 Å². The second-order valence-electron chi connectivity index (χ2n) is 13.4. The minimum Gasteiger partial charge on any atom is -0.374 e. The van der Waals surface area contributed by atoms with Crippen molar-refractivity contribution in [1.29, 1.82) is 0 Å². The van der Waals surface area contributed by atoms with Gasteiger partial charge in [-0.25, -0.2) is 4.98 Å². The van der Waals surface area contributed by atoms with Gasteiger partial charge >= 0.3 is 0 Å². The van der Waals surface area contributed by atoms with E-state index in [0.717, 1.165) is 68.7 Å². The van der Waals surface area contributed by atoms with Gasteiger partial charge < -0.3 is 15.0 Å². The van der Waals surface area contributed by atoms with E-state index in [1.165, 1.54) is 37.7 Å². The molecule has 1 saturated heterocycles. The van der Waals surface area contributed by atoms with Gasteiger partial charge in [0.05, 0.1) is 18.8 Å². The van der Waals surface area contributed by atoms with E-state index in [4.69, 9.17) is 16.3 Å². The van der Waals surface area contributed by atoms with Crippen molar-refractivity contribution in [3.63, 3.8) is 0 Å². The lowest BCUT2D eigenvalue weighted by molar-refractivity contribution is -0.137. The van der Waals surface area contributed by atoms with Gasteiger partial charge in [0.15, 0.2) is 0 Å². The van der Waals surface area contributed by atoms with Gasteiger partial charge in [-0.15, -0.1) is 0 Å². The third-order valence-corrected chi connectivity index (χ3v) is 10.8. The Labute approximate surface area is 267 Å². The number of carbonyl (C=O) groups is 1. The number of nitrogens with one attached hydrogen (secondary N) is 1. The van der Waals surface area contributed by atoms with Crippen molar-refractivity contribution in [2.75, 3.05) is 13.1 Å². The van der Waals surface area contributed by atoms with Crippen molar-refractivity contribution in [2.24, 2.45) is 11.3 Å². The molecular formula is C36H48ClN5O2. The normalized spacial score (nSPS) is 23.3. The molecule has 2 heterocycles. The first-order valence-corrected chi connectivity index (χ1v) is 17.2. The summed E-state index contributed by atoms with van der Waals surface area (Å²) < 4.78 is 8.28. The molecule has 2 aliphatic carbocycles. The molecule has 0 unspecified atom stereocenters. The smallest absolute Gasteiger partial charge is 0.240 e. The van der Waals surface area contributed by atoms with Crippen molar-refractivity contribution in [2.45, 2.75) is 108 Å². The molecule has 1 atom stereocenters. The number of hydrogen-bond donors (Lipinski definition) is 1. The van der Waals surface area contributed by atoms with Gasteiger partial charge in [0.2, 0.25) is 5.91 Å². The number of likely N-dealkylation sites (tertiary alicyclic amines) is 1. The molecule has 7 nitrogen and oxygen atoms in total. The standard InChI is InChI=1S/C36H48ClN5O2/c37-31-13-11-28(12-14-31)23-34(40-32-15-17-33(18-16-32)44-24-29-7-3-1-4-8-29)35(43)41-21-19-36(20-22-41,25-42-27-38-26-39-42)30-9-5-2-6-10-30/h1,3-4,7-8,11-14,26-27,30,32-34,40H,2,5-6,9-10,15-25H2/t32?,33?,34-/m1/s1. The van der Waals surface area contributed by atoms with Crippen molar-refractivity contribution in [3.05, 3.63) is 83.4 Å². The maximum absolute atomic E-state index is 14.3. The summed E-state index contributed by atoms with van der Waals surface area (Å²) in [6, 6.07) is 18.4. The fourth-order valence-electron chi connectivity index (χ4n) is 7.98. The Kier molecular flexibility index (Phi) is 10.7. The summed E-state index contributed by atoms with van der Waals surface area (Å²) >= 11 is 6.20. The predicted molar refractivity (Wildman–Crippen MR) is 174 cm³/mol. The molecule has 1 aliphatic heterocycles. The molecular weight excluding hydrogens is 570 g/mol. The van der Waals surface area contributed by atoms with Crippen LogP contribution >= 0.6 is 11.6 Å². The average molecular weight is 618 g/mol. The summed E-state index contributed by atoms with van der Waals surface area (Å²) in [5.41, 5.74) is 2.54. The molecule has 1 amide bonds. The molecule has 2 aromatic carbocycles. The van der Waals surface area contributed by atoms with Crippen LogP contribution in [0.4, 0.5) is 0 Å². The Morgan fingerprint density at radius 3 is 2.34 bits per heavy atom. The van der Waals surface area contributed by atoms with Gasteiger partial charge in [-0.2, -0.15) is 5.10 Å². The number of ether oxygens (including phenoxy) is 1. The number of rotatable bonds is 11. The van der Waals surface area contributed by atoms with Gasteiger partial charge in [0, 0.05) is 30.7 Å². The summed E-state index contributed by atoms with van der Waals surface area (Å²) in [4.78, 5) is 20.6. The molecule has 3 aliphatic rings. The van der Waals surface area contributed by atoms with Gasteiger partial charge in [0.25, 0.3) is 0 Å². The number of amides is 1. The van der Waals surface area contributed by atoms with Crippen molar-refractivity contribution < 1.29 is 9.53 Å². The topological polar surface area (TPSA) is 72.3 Å². The van der Waals surface area contributed by atoms with Gasteiger partial charge in [-0.3, -0.25) is 9.48 Å². The molecule has 236 valence electrons. The second kappa shape index (κ2) is 15.0. The zero-order valence-electron chi connectivity index (χ0n) is 26.0. The van der Waals surface area contributed by atoms with Crippen LogP contribution in [0, 0.1) is 11.3 Å². The number of piperidine rings is 1. The highest BCUT2D eigenvalue weighted by molar-refractivity contribution is 6.30. The number of nitrogens with zero attached hydrogens (tertiary/aromatic N) is 4. The average Bonchev–Trinajstić information content (AvgIpc) is 3.59. The third-order valence-electron chi connectivity index (χ3n) is 10.6. The molecule has 1 N–H and O–H groups in total. The molecule has 0 radical (unpaired) electrons. The fraction of sp³-hybridized carbons (Fsp3) is 0.583.